The number of thiophene rings is 1. The van der Waals surface area contributed by atoms with Gasteiger partial charge in [-0.25, -0.2) is 0 Å². The number of rotatable bonds is 11. The van der Waals surface area contributed by atoms with Gasteiger partial charge in [-0.05, 0) is 48.4 Å². The van der Waals surface area contributed by atoms with Crippen molar-refractivity contribution >= 4 is 27.6 Å². The molecular weight excluding hydrogens is 414 g/mol. The van der Waals surface area contributed by atoms with Crippen LogP contribution in [0.4, 0.5) is 0 Å². The average molecular weight is 444 g/mol. The van der Waals surface area contributed by atoms with E-state index in [4.69, 9.17) is 9.47 Å². The summed E-state index contributed by atoms with van der Waals surface area (Å²) in [7, 11) is 0. The summed E-state index contributed by atoms with van der Waals surface area (Å²) in [6.07, 6.45) is 6.80. The van der Waals surface area contributed by atoms with Crippen LogP contribution < -0.4 is 9.47 Å². The molecule has 0 unspecified atom stereocenters. The van der Waals surface area contributed by atoms with E-state index >= 15 is 0 Å². The van der Waals surface area contributed by atoms with Crippen molar-refractivity contribution in [2.75, 3.05) is 13.2 Å². The van der Waals surface area contributed by atoms with Gasteiger partial charge in [-0.1, -0.05) is 68.7 Å². The number of hydrogen-bond donors (Lipinski definition) is 0. The number of unbranched alkanes of at least 4 members (excludes halogenated alkanes) is 3. The van der Waals surface area contributed by atoms with Gasteiger partial charge in [0.1, 0.15) is 18.1 Å². The molecule has 0 spiro atoms. The predicted molar refractivity (Wildman–Crippen MR) is 137 cm³/mol. The second-order valence-corrected chi connectivity index (χ2v) is 8.71. The number of fused-ring (bicyclic) bond motifs is 1. The number of nitrogens with zero attached hydrogens (tertiary/aromatic N) is 1. The van der Waals surface area contributed by atoms with Crippen LogP contribution in [0, 0.1) is 0 Å². The van der Waals surface area contributed by atoms with Gasteiger partial charge in [0.05, 0.1) is 4.88 Å². The third-order valence-electron chi connectivity index (χ3n) is 5.22. The van der Waals surface area contributed by atoms with E-state index in [9.17, 15) is 0 Å². The van der Waals surface area contributed by atoms with Gasteiger partial charge in [0.2, 0.25) is 0 Å². The molecule has 0 amide bonds. The van der Waals surface area contributed by atoms with E-state index in [1.165, 1.54) is 24.0 Å². The monoisotopic (exact) mass is 443 g/mol. The molecule has 0 atom stereocenters. The summed E-state index contributed by atoms with van der Waals surface area (Å²) in [4.78, 5) is 5.56. The van der Waals surface area contributed by atoms with Crippen molar-refractivity contribution in [1.82, 2.24) is 0 Å². The minimum absolute atomic E-state index is 0.487. The SMILES string of the molecule is CCCCCCN=CCOc1ccc(Oc2c(-c3ccccc3)sc3ccccc23)cc1. The van der Waals surface area contributed by atoms with Crippen LogP contribution >= 0.6 is 11.3 Å². The van der Waals surface area contributed by atoms with Crippen molar-refractivity contribution < 1.29 is 9.47 Å². The molecule has 4 rings (SSSR count). The molecule has 4 heteroatoms. The predicted octanol–water partition coefficient (Wildman–Crippen LogP) is 8.39. The molecule has 0 aliphatic rings. The van der Waals surface area contributed by atoms with Gasteiger partial charge in [0, 0.05) is 22.8 Å². The van der Waals surface area contributed by atoms with E-state index in [2.05, 4.69) is 60.4 Å². The minimum atomic E-state index is 0.487. The fraction of sp³-hybridized carbons (Fsp3) is 0.250. The van der Waals surface area contributed by atoms with Crippen molar-refractivity contribution in [3.05, 3.63) is 78.9 Å². The lowest BCUT2D eigenvalue weighted by Crippen LogP contribution is -1.99. The molecule has 0 saturated heterocycles. The third kappa shape index (κ3) is 5.77. The van der Waals surface area contributed by atoms with Crippen LogP contribution in [0.3, 0.4) is 0 Å². The van der Waals surface area contributed by atoms with Crippen LogP contribution in [0.1, 0.15) is 32.6 Å². The largest absolute Gasteiger partial charge is 0.488 e. The van der Waals surface area contributed by atoms with E-state index < -0.39 is 0 Å². The van der Waals surface area contributed by atoms with E-state index in [1.54, 1.807) is 11.3 Å². The first kappa shape index (κ1) is 22.1. The summed E-state index contributed by atoms with van der Waals surface area (Å²) in [5.74, 6) is 2.51. The molecule has 1 heterocycles. The van der Waals surface area contributed by atoms with Crippen LogP contribution in [0.2, 0.25) is 0 Å². The molecule has 3 aromatic carbocycles. The molecule has 1 aromatic heterocycles. The second kappa shape index (κ2) is 11.5. The maximum absolute atomic E-state index is 6.39. The van der Waals surface area contributed by atoms with E-state index in [1.807, 2.05) is 36.5 Å². The lowest BCUT2D eigenvalue weighted by Gasteiger charge is -2.09. The number of ether oxygens (including phenoxy) is 2. The highest BCUT2D eigenvalue weighted by molar-refractivity contribution is 7.22. The Morgan fingerprint density at radius 3 is 2.38 bits per heavy atom. The zero-order chi connectivity index (χ0) is 22.0. The molecule has 0 saturated carbocycles. The Morgan fingerprint density at radius 2 is 1.56 bits per heavy atom. The van der Waals surface area contributed by atoms with Gasteiger partial charge in [-0.2, -0.15) is 0 Å². The smallest absolute Gasteiger partial charge is 0.153 e. The summed E-state index contributed by atoms with van der Waals surface area (Å²) in [5, 5.41) is 1.13. The van der Waals surface area contributed by atoms with Crippen molar-refractivity contribution in [3.63, 3.8) is 0 Å². The standard InChI is InChI=1S/C28H29NO2S/c1-2-3-4-10-19-29-20-21-30-23-15-17-24(18-16-23)31-27-25-13-8-9-14-26(25)32-28(27)22-11-6-5-7-12-22/h5-9,11-18,20H,2-4,10,19,21H2,1H3. The molecule has 164 valence electrons. The highest BCUT2D eigenvalue weighted by Gasteiger charge is 2.15. The van der Waals surface area contributed by atoms with E-state index in [0.29, 0.717) is 6.61 Å². The molecule has 0 radical (unpaired) electrons. The molecule has 0 N–H and O–H groups in total. The quantitative estimate of drug-likeness (QED) is 0.172. The summed E-state index contributed by atoms with van der Waals surface area (Å²) < 4.78 is 13.4. The second-order valence-electron chi connectivity index (χ2n) is 7.66. The molecule has 0 bridgehead atoms. The van der Waals surface area contributed by atoms with Crippen molar-refractivity contribution in [2.24, 2.45) is 4.99 Å². The molecule has 0 aliphatic carbocycles. The Kier molecular flexibility index (Phi) is 7.94. The Hall–Kier alpha value is -3.11. The fourth-order valence-corrected chi connectivity index (χ4v) is 4.67. The summed E-state index contributed by atoms with van der Waals surface area (Å²) >= 11 is 1.76. The Balaban J connectivity index is 1.41. The van der Waals surface area contributed by atoms with Gasteiger partial charge in [0.25, 0.3) is 0 Å². The van der Waals surface area contributed by atoms with Crippen molar-refractivity contribution in [1.29, 1.82) is 0 Å². The topological polar surface area (TPSA) is 30.8 Å². The summed E-state index contributed by atoms with van der Waals surface area (Å²) in [5.41, 5.74) is 1.16. The highest BCUT2D eigenvalue weighted by atomic mass is 32.1. The Bertz CT molecular complexity index is 1130. The van der Waals surface area contributed by atoms with Gasteiger partial charge in [0.15, 0.2) is 5.75 Å². The zero-order valence-electron chi connectivity index (χ0n) is 18.5. The number of benzene rings is 3. The van der Waals surface area contributed by atoms with Crippen LogP contribution in [0.15, 0.2) is 83.9 Å². The summed E-state index contributed by atoms with van der Waals surface area (Å²) in [6.45, 7) is 3.59. The molecule has 32 heavy (non-hydrogen) atoms. The first-order chi connectivity index (χ1) is 15.8. The first-order valence-corrected chi connectivity index (χ1v) is 12.1. The van der Waals surface area contributed by atoms with E-state index in [-0.39, 0.29) is 0 Å². The number of hydrogen-bond acceptors (Lipinski definition) is 4. The van der Waals surface area contributed by atoms with Crippen LogP contribution in [0.5, 0.6) is 17.2 Å². The lowest BCUT2D eigenvalue weighted by atomic mass is 10.1. The van der Waals surface area contributed by atoms with Crippen molar-refractivity contribution in [2.45, 2.75) is 32.6 Å². The Morgan fingerprint density at radius 1 is 0.812 bits per heavy atom. The maximum atomic E-state index is 6.39. The van der Waals surface area contributed by atoms with Crippen LogP contribution in [-0.2, 0) is 0 Å². The first-order valence-electron chi connectivity index (χ1n) is 11.3. The highest BCUT2D eigenvalue weighted by Crippen LogP contribution is 2.46. The molecule has 0 aliphatic heterocycles. The molecule has 4 aromatic rings. The van der Waals surface area contributed by atoms with Gasteiger partial charge >= 0.3 is 0 Å². The summed E-state index contributed by atoms with van der Waals surface area (Å²) in [6, 6.07) is 26.6. The fourth-order valence-electron chi connectivity index (χ4n) is 3.53. The van der Waals surface area contributed by atoms with Crippen LogP contribution in [-0.4, -0.2) is 19.4 Å². The van der Waals surface area contributed by atoms with Crippen molar-refractivity contribution in [3.8, 4) is 27.7 Å². The lowest BCUT2D eigenvalue weighted by molar-refractivity contribution is 0.379. The van der Waals surface area contributed by atoms with Crippen LogP contribution in [0.25, 0.3) is 20.5 Å². The van der Waals surface area contributed by atoms with Gasteiger partial charge in [-0.15, -0.1) is 11.3 Å². The third-order valence-corrected chi connectivity index (χ3v) is 6.43. The van der Waals surface area contributed by atoms with E-state index in [0.717, 1.165) is 46.0 Å². The molecular formula is C28H29NO2S. The minimum Gasteiger partial charge on any atom is -0.488 e. The van der Waals surface area contributed by atoms with Gasteiger partial charge < -0.3 is 9.47 Å². The Labute approximate surface area is 194 Å². The number of aliphatic imine (C=N–C) groups is 1. The molecule has 0 fully saturated rings. The average Bonchev–Trinajstić information content (AvgIpc) is 3.21. The molecule has 3 nitrogen and oxygen atoms in total. The normalized spacial score (nSPS) is 11.3. The van der Waals surface area contributed by atoms with Gasteiger partial charge in [-0.3, -0.25) is 4.99 Å². The maximum Gasteiger partial charge on any atom is 0.153 e. The zero-order valence-corrected chi connectivity index (χ0v) is 19.3.